The molecule has 0 radical (unpaired) electrons. The minimum absolute atomic E-state index is 0.0472. The predicted molar refractivity (Wildman–Crippen MR) is 109 cm³/mol. The average Bonchev–Trinajstić information content (AvgIpc) is 3.30. The van der Waals surface area contributed by atoms with E-state index in [2.05, 4.69) is 5.32 Å². The summed E-state index contributed by atoms with van der Waals surface area (Å²) < 4.78 is 30.8. The first kappa shape index (κ1) is 20.2. The third-order valence-electron chi connectivity index (χ3n) is 4.67. The molecule has 0 bridgehead atoms. The topological polar surface area (TPSA) is 82.9 Å². The quantitative estimate of drug-likeness (QED) is 0.717. The van der Waals surface area contributed by atoms with Crippen LogP contribution in [0.2, 0.25) is 0 Å². The van der Waals surface area contributed by atoms with Crippen LogP contribution in [-0.2, 0) is 14.8 Å². The van der Waals surface area contributed by atoms with Crippen molar-refractivity contribution in [1.82, 2.24) is 10.2 Å². The molecule has 1 aromatic heterocycles. The smallest absolute Gasteiger partial charge is 0.244 e. The second-order valence-electron chi connectivity index (χ2n) is 6.91. The van der Waals surface area contributed by atoms with Gasteiger partial charge in [-0.3, -0.25) is 14.0 Å². The Balaban J connectivity index is 1.57. The van der Waals surface area contributed by atoms with E-state index in [1.807, 2.05) is 31.1 Å². The van der Waals surface area contributed by atoms with Crippen LogP contribution in [0.3, 0.4) is 0 Å². The van der Waals surface area contributed by atoms with Crippen molar-refractivity contribution in [1.29, 1.82) is 0 Å². The lowest BCUT2D eigenvalue weighted by atomic mass is 10.2. The summed E-state index contributed by atoms with van der Waals surface area (Å²) in [5.41, 5.74) is 1.48. The molecule has 1 fully saturated rings. The highest BCUT2D eigenvalue weighted by atomic mass is 32.2. The summed E-state index contributed by atoms with van der Waals surface area (Å²) in [6, 6.07) is 10.8. The number of furan rings is 1. The van der Waals surface area contributed by atoms with E-state index in [1.165, 1.54) is 10.4 Å². The molecule has 0 spiro atoms. The summed E-state index contributed by atoms with van der Waals surface area (Å²) in [6.45, 7) is 0.943. The number of anilines is 1. The third-order valence-corrected chi connectivity index (χ3v) is 6.54. The molecule has 1 aliphatic heterocycles. The van der Waals surface area contributed by atoms with Crippen molar-refractivity contribution in [2.24, 2.45) is 0 Å². The van der Waals surface area contributed by atoms with E-state index >= 15 is 0 Å². The molecule has 1 amide bonds. The Bertz CT molecular complexity index is 919. The van der Waals surface area contributed by atoms with Crippen molar-refractivity contribution in [3.63, 3.8) is 0 Å². The Morgan fingerprint density at radius 2 is 2.04 bits per heavy atom. The Morgan fingerprint density at radius 3 is 2.61 bits per heavy atom. The molecule has 2 heterocycles. The van der Waals surface area contributed by atoms with E-state index in [0.29, 0.717) is 25.2 Å². The summed E-state index contributed by atoms with van der Waals surface area (Å²) in [6.07, 6.45) is 5.44. The van der Waals surface area contributed by atoms with Crippen LogP contribution < -0.4 is 9.62 Å². The molecule has 1 aromatic carbocycles. The van der Waals surface area contributed by atoms with E-state index in [0.717, 1.165) is 11.3 Å². The van der Waals surface area contributed by atoms with E-state index in [-0.39, 0.29) is 17.7 Å². The number of nitrogens with one attached hydrogen (secondary N) is 1. The summed E-state index contributed by atoms with van der Waals surface area (Å²) in [5, 5.41) is 2.87. The lowest BCUT2D eigenvalue weighted by molar-refractivity contribution is -0.116. The van der Waals surface area contributed by atoms with Gasteiger partial charge < -0.3 is 9.73 Å². The minimum Gasteiger partial charge on any atom is -0.468 e. The third kappa shape index (κ3) is 4.82. The standard InChI is InChI=1S/C20H25N3O4S/c1-22(2)18(19-5-3-13-27-19)15-21-20(24)11-8-16-6-9-17(10-7-16)23-12-4-14-28(23,25)26/h3,5-11,13,18H,4,12,14-15H2,1-2H3,(H,21,24)/b11-8+. The molecule has 0 aliphatic carbocycles. The minimum atomic E-state index is -3.18. The Morgan fingerprint density at radius 1 is 1.29 bits per heavy atom. The maximum atomic E-state index is 12.1. The van der Waals surface area contributed by atoms with Crippen molar-refractivity contribution in [3.05, 3.63) is 60.1 Å². The van der Waals surface area contributed by atoms with Gasteiger partial charge >= 0.3 is 0 Å². The molecular weight excluding hydrogens is 378 g/mol. The van der Waals surface area contributed by atoms with Gasteiger partial charge in [0.2, 0.25) is 15.9 Å². The van der Waals surface area contributed by atoms with Crippen LogP contribution in [0.1, 0.15) is 23.8 Å². The second-order valence-corrected chi connectivity index (χ2v) is 8.92. The molecule has 1 atom stereocenters. The number of carbonyl (C=O) groups is 1. The van der Waals surface area contributed by atoms with Crippen molar-refractivity contribution < 1.29 is 17.6 Å². The lowest BCUT2D eigenvalue weighted by Crippen LogP contribution is -2.33. The average molecular weight is 404 g/mol. The molecule has 1 unspecified atom stereocenters. The van der Waals surface area contributed by atoms with E-state index < -0.39 is 10.0 Å². The van der Waals surface area contributed by atoms with Crippen molar-refractivity contribution in [2.45, 2.75) is 12.5 Å². The van der Waals surface area contributed by atoms with Crippen molar-refractivity contribution in [3.8, 4) is 0 Å². The first-order valence-electron chi connectivity index (χ1n) is 9.13. The van der Waals surface area contributed by atoms with Gasteiger partial charge in [-0.2, -0.15) is 0 Å². The van der Waals surface area contributed by atoms with Crippen LogP contribution in [0.25, 0.3) is 6.08 Å². The molecule has 3 rings (SSSR count). The number of rotatable bonds is 7. The Hall–Kier alpha value is -2.58. The van der Waals surface area contributed by atoms with E-state index in [4.69, 9.17) is 4.42 Å². The maximum absolute atomic E-state index is 12.1. The van der Waals surface area contributed by atoms with Crippen molar-refractivity contribution >= 4 is 27.7 Å². The van der Waals surface area contributed by atoms with Gasteiger partial charge in [0.05, 0.1) is 23.7 Å². The maximum Gasteiger partial charge on any atom is 0.244 e. The fourth-order valence-electron chi connectivity index (χ4n) is 3.13. The molecule has 1 aliphatic rings. The number of amides is 1. The zero-order valence-electron chi connectivity index (χ0n) is 16.0. The number of sulfonamides is 1. The number of hydrogen-bond acceptors (Lipinski definition) is 5. The van der Waals surface area contributed by atoms with Crippen LogP contribution in [0.15, 0.2) is 53.2 Å². The summed E-state index contributed by atoms with van der Waals surface area (Å²) in [5.74, 6) is 0.784. The molecule has 0 saturated carbocycles. The monoisotopic (exact) mass is 403 g/mol. The van der Waals surface area contributed by atoms with Crippen LogP contribution >= 0.6 is 0 Å². The molecule has 7 nitrogen and oxygen atoms in total. The summed E-state index contributed by atoms with van der Waals surface area (Å²) in [7, 11) is 0.675. The van der Waals surface area contributed by atoms with Crippen LogP contribution in [-0.4, -0.2) is 52.2 Å². The molecule has 150 valence electrons. The SMILES string of the molecule is CN(C)C(CNC(=O)/C=C/c1ccc(N2CCCS2(=O)=O)cc1)c1ccco1. The van der Waals surface area contributed by atoms with Crippen LogP contribution in [0.5, 0.6) is 0 Å². The number of hydrogen-bond donors (Lipinski definition) is 1. The molecule has 28 heavy (non-hydrogen) atoms. The first-order chi connectivity index (χ1) is 13.4. The van der Waals surface area contributed by atoms with E-state index in [9.17, 15) is 13.2 Å². The van der Waals surface area contributed by atoms with Crippen LogP contribution in [0, 0.1) is 0 Å². The Kier molecular flexibility index (Phi) is 6.21. The summed E-state index contributed by atoms with van der Waals surface area (Å²) >= 11 is 0. The van der Waals surface area contributed by atoms with Gasteiger partial charge in [0, 0.05) is 19.2 Å². The second kappa shape index (κ2) is 8.62. The van der Waals surface area contributed by atoms with Gasteiger partial charge in [0.1, 0.15) is 5.76 Å². The molecule has 8 heteroatoms. The summed E-state index contributed by atoms with van der Waals surface area (Å²) in [4.78, 5) is 14.1. The first-order valence-corrected chi connectivity index (χ1v) is 10.7. The fourth-order valence-corrected chi connectivity index (χ4v) is 4.69. The lowest BCUT2D eigenvalue weighted by Gasteiger charge is -2.22. The number of likely N-dealkylation sites (N-methyl/N-ethyl adjacent to an activating group) is 1. The highest BCUT2D eigenvalue weighted by Gasteiger charge is 2.28. The van der Waals surface area contributed by atoms with Gasteiger partial charge in [0.15, 0.2) is 0 Å². The van der Waals surface area contributed by atoms with Gasteiger partial charge in [-0.05, 0) is 56.4 Å². The predicted octanol–water partition coefficient (Wildman–Crippen LogP) is 2.25. The van der Waals surface area contributed by atoms with Gasteiger partial charge in [-0.25, -0.2) is 8.42 Å². The van der Waals surface area contributed by atoms with Crippen molar-refractivity contribution in [2.75, 3.05) is 37.2 Å². The highest BCUT2D eigenvalue weighted by Crippen LogP contribution is 2.24. The van der Waals surface area contributed by atoms with Gasteiger partial charge in [-0.15, -0.1) is 0 Å². The highest BCUT2D eigenvalue weighted by molar-refractivity contribution is 7.93. The number of nitrogens with zero attached hydrogens (tertiary/aromatic N) is 2. The number of benzene rings is 1. The largest absolute Gasteiger partial charge is 0.468 e. The van der Waals surface area contributed by atoms with Gasteiger partial charge in [0.25, 0.3) is 0 Å². The van der Waals surface area contributed by atoms with Crippen LogP contribution in [0.4, 0.5) is 5.69 Å². The molecule has 1 saturated heterocycles. The zero-order chi connectivity index (χ0) is 20.1. The normalized spacial score (nSPS) is 17.3. The van der Waals surface area contributed by atoms with Gasteiger partial charge in [-0.1, -0.05) is 12.1 Å². The Labute approximate surface area is 165 Å². The van der Waals surface area contributed by atoms with E-state index in [1.54, 1.807) is 36.6 Å². The fraction of sp³-hybridized carbons (Fsp3) is 0.350. The molecule has 1 N–H and O–H groups in total. The zero-order valence-corrected chi connectivity index (χ0v) is 16.9. The molecule has 2 aromatic rings. The molecular formula is C20H25N3O4S. The number of carbonyl (C=O) groups excluding carboxylic acids is 1.